The topological polar surface area (TPSA) is 35.9 Å². The van der Waals surface area contributed by atoms with Crippen molar-refractivity contribution in [1.29, 1.82) is 0 Å². The van der Waals surface area contributed by atoms with Crippen molar-refractivity contribution in [3.63, 3.8) is 0 Å². The Morgan fingerprint density at radius 1 is 0.455 bits per heavy atom. The molecule has 6 heteroatoms. The molecule has 0 saturated heterocycles. The van der Waals surface area contributed by atoms with E-state index in [0.717, 1.165) is 22.9 Å². The summed E-state index contributed by atoms with van der Waals surface area (Å²) in [7, 11) is -6.73. The van der Waals surface area contributed by atoms with Gasteiger partial charge in [0.05, 0.1) is 73.2 Å². The van der Waals surface area contributed by atoms with Crippen molar-refractivity contribution in [2.45, 2.75) is 27.4 Å². The fourth-order valence-corrected chi connectivity index (χ4v) is 14.7. The average Bonchev–Trinajstić information content (AvgIpc) is 1.18. The molecule has 0 unspecified atom stereocenters. The van der Waals surface area contributed by atoms with E-state index in [1.165, 1.54) is 71.3 Å². The predicted molar refractivity (Wildman–Crippen MR) is 367 cm³/mol. The first-order valence-corrected chi connectivity index (χ1v) is 28.8. The van der Waals surface area contributed by atoms with Gasteiger partial charge in [0.15, 0.2) is 8.07 Å². The Morgan fingerprint density at radius 2 is 1.05 bits per heavy atom. The molecule has 0 radical (unpaired) electrons. The minimum absolute atomic E-state index is 0.0133. The Kier molecular flexibility index (Phi) is 6.54. The summed E-state index contributed by atoms with van der Waals surface area (Å²) in [5.74, 6) is 0.0171. The molecule has 88 heavy (non-hydrogen) atoms. The van der Waals surface area contributed by atoms with Gasteiger partial charge in [0.25, 0.3) is 6.33 Å². The Labute approximate surface area is 572 Å². The van der Waals surface area contributed by atoms with E-state index >= 15 is 0 Å². The summed E-state index contributed by atoms with van der Waals surface area (Å²) in [5.41, 5.74) is -7.47. The lowest BCUT2D eigenvalue weighted by Crippen LogP contribution is -2.74. The molecule has 15 rings (SSSR count). The lowest BCUT2D eigenvalue weighted by Gasteiger charge is -2.34. The van der Waals surface area contributed by atoms with E-state index in [9.17, 15) is 28.8 Å². The van der Waals surface area contributed by atoms with Crippen LogP contribution >= 0.6 is 0 Å². The summed E-state index contributed by atoms with van der Waals surface area (Å²) >= 11 is 0. The van der Waals surface area contributed by atoms with Crippen molar-refractivity contribution in [3.05, 3.63) is 331 Å². The van der Waals surface area contributed by atoms with Crippen LogP contribution in [0.2, 0.25) is 0 Å². The van der Waals surface area contributed by atoms with Crippen LogP contribution in [0.4, 0.5) is 0 Å². The van der Waals surface area contributed by atoms with E-state index in [4.69, 9.17) is 32.2 Å². The van der Waals surface area contributed by atoms with E-state index in [-0.39, 0.29) is 50.7 Å². The molecular formula is C82H62N4OSi. The molecule has 0 saturated carbocycles. The van der Waals surface area contributed by atoms with Crippen molar-refractivity contribution in [1.82, 2.24) is 14.1 Å². The summed E-state index contributed by atoms with van der Waals surface area (Å²) < 4.78 is 389. The van der Waals surface area contributed by atoms with Crippen molar-refractivity contribution in [3.8, 4) is 73.2 Å². The number of hydrogen-bond donors (Lipinski definition) is 0. The molecular weight excluding hydrogens is 1090 g/mol. The Morgan fingerprint density at radius 3 is 1.72 bits per heavy atom. The average molecular weight is 1190 g/mol. The van der Waals surface area contributed by atoms with Crippen LogP contribution in [0.1, 0.15) is 78.5 Å². The quantitative estimate of drug-likeness (QED) is 0.0499. The molecule has 0 atom stereocenters. The molecule has 420 valence electrons. The highest BCUT2D eigenvalue weighted by Crippen LogP contribution is 2.40. The van der Waals surface area contributed by atoms with Crippen LogP contribution < -0.4 is 30.1 Å². The van der Waals surface area contributed by atoms with Gasteiger partial charge in [-0.1, -0.05) is 248 Å². The number of fused-ring (bicyclic) bond motifs is 4. The highest BCUT2D eigenvalue weighted by molar-refractivity contribution is 7.19. The second-order valence-electron chi connectivity index (χ2n) is 19.8. The molecule has 0 aliphatic heterocycles. The summed E-state index contributed by atoms with van der Waals surface area (Å²) in [4.78, 5) is 4.67. The number of imidazole rings is 1. The summed E-state index contributed by atoms with van der Waals surface area (Å²) in [5, 5.41) is -3.91. The molecule has 0 N–H and O–H groups in total. The molecule has 0 aliphatic rings. The van der Waals surface area contributed by atoms with Gasteiger partial charge in [-0.3, -0.25) is 13.7 Å². The molecule has 3 heterocycles. The Balaban J connectivity index is 1.08. The molecule has 0 amide bonds. The molecule has 0 aliphatic carbocycles. The van der Waals surface area contributed by atoms with E-state index in [1.54, 1.807) is 47.0 Å². The van der Waals surface area contributed by atoms with Crippen LogP contribution in [0.15, 0.2) is 303 Å². The number of hydrogen-bond acceptors (Lipinski definition) is 2. The summed E-state index contributed by atoms with van der Waals surface area (Å²) in [6.45, 7) is -12.6. The van der Waals surface area contributed by atoms with Crippen molar-refractivity contribution in [2.24, 2.45) is 0 Å². The van der Waals surface area contributed by atoms with Gasteiger partial charge in [0.1, 0.15) is 17.3 Å². The van der Waals surface area contributed by atoms with Gasteiger partial charge < -0.3 is 4.74 Å². The molecule has 0 spiro atoms. The minimum atomic E-state index is -6.73. The Hall–Kier alpha value is -10.9. The van der Waals surface area contributed by atoms with Crippen LogP contribution in [0.3, 0.4) is 0 Å². The van der Waals surface area contributed by atoms with Gasteiger partial charge in [-0.25, -0.2) is 4.98 Å². The van der Waals surface area contributed by atoms with E-state index in [2.05, 4.69) is 11.3 Å². The zero-order valence-corrected chi connectivity index (χ0v) is 46.3. The SMILES string of the molecule is [2H]c1c([2H])c([2H])c(-c2cnc(-n3c4ccccc4c4ccc(Oc5cccc(-n6[c-][n+](-c7c(-c8c([2H])c([2H])c([2H])c([2H])c8[2H])cc(C([2H])([2H])[2H])cc7-c7c([2H])c([2H])c([2H])c([Si](c8c([2H])c([2H])c([2H])c([2H])c8[2H])(c8c([2H])c([2H])c([2H])c([2H])c8[2H])c8c([2H])c([2H])c([2H])c([2H])c8[2H])c7[2H])c7ccc(-c8c(C([2H])([2H])[2H])cccc8C([2H])([2H])[2H])cc76)c5)cc43)cc2C([2H])([2H])[2H])c([2H])c1[2H]. The number of pyridine rings is 1. The van der Waals surface area contributed by atoms with Gasteiger partial charge in [-0.15, -0.1) is 0 Å². The highest BCUT2D eigenvalue weighted by Gasteiger charge is 2.41. The first-order valence-electron chi connectivity index (χ1n) is 47.3. The monoisotopic (exact) mass is 1190 g/mol. The second-order valence-corrected chi connectivity index (χ2v) is 23.3. The van der Waals surface area contributed by atoms with Crippen molar-refractivity contribution >= 4 is 61.7 Å². The van der Waals surface area contributed by atoms with Gasteiger partial charge >= 0.3 is 0 Å². The van der Waals surface area contributed by atoms with Gasteiger partial charge in [-0.05, 0) is 152 Å². The molecule has 12 aromatic carbocycles. The standard InChI is InChI=1S/C82H62N4OSi/c1-56-47-73(60-27-10-5-11-28-60)82(74(48-56)62-31-23-40-70(50-62)88(67-34-14-7-15-35-67,68-36-16-8-17-37-68)69-38-18-9-19-39-69)85-55-84(79-51-63(43-46-77(79)85)81-57(2)25-22-26-58(81)3)64-32-24-33-65(52-64)87-66-44-45-72-71-41-20-21-42-76(71)86(78(72)53-66)80-49-59(4)75(54-83-80)61-29-12-6-13-30-61/h5-54H,1-4H3/i1D3,2D3,3D3,4D3,5D,6D,7D,8D,9D,10D,11D,12D,13D,14D,15D,16D,17D,18D,19D,23D,27D,28D,29D,30D,31D,34D,35D,36D,37D,38D,39D,40D,50D. The fourth-order valence-electron chi connectivity index (χ4n) is 11.1. The Bertz CT molecular complexity index is 7070. The number of aromatic nitrogens is 4. The fraction of sp³-hybridized carbons (Fsp3) is 0.0488. The molecule has 15 aromatic rings. The number of nitrogens with zero attached hydrogens (tertiary/aromatic N) is 4. The summed E-state index contributed by atoms with van der Waals surface area (Å²) in [6, 6.07) is -6.09. The predicted octanol–water partition coefficient (Wildman–Crippen LogP) is 17.3. The number of rotatable bonds is 13. The second kappa shape index (κ2) is 22.5. The largest absolute Gasteiger partial charge is 0.458 e. The first kappa shape index (κ1) is 25.6. The molecule has 5 nitrogen and oxygen atoms in total. The van der Waals surface area contributed by atoms with E-state index in [0.29, 0.717) is 21.8 Å². The van der Waals surface area contributed by atoms with Gasteiger partial charge in [-0.2, -0.15) is 0 Å². The lowest BCUT2D eigenvalue weighted by atomic mass is 9.93. The molecule has 3 aromatic heterocycles. The maximum atomic E-state index is 11.1. The van der Waals surface area contributed by atoms with Crippen molar-refractivity contribution < 1.29 is 65.5 Å². The number of ether oxygens (including phenoxy) is 1. The number of aryl methyl sites for hydroxylation is 4. The van der Waals surface area contributed by atoms with Crippen LogP contribution in [0, 0.1) is 33.7 Å². The minimum Gasteiger partial charge on any atom is -0.458 e. The smallest absolute Gasteiger partial charge is 0.269 e. The number of para-hydroxylation sites is 1. The van der Waals surface area contributed by atoms with Crippen LogP contribution in [0.5, 0.6) is 11.5 Å². The zero-order valence-electron chi connectivity index (χ0n) is 86.3. The summed E-state index contributed by atoms with van der Waals surface area (Å²) in [6.07, 6.45) is 4.27. The third-order valence-electron chi connectivity index (χ3n) is 14.9. The third kappa shape index (κ3) is 9.42. The van der Waals surface area contributed by atoms with Crippen LogP contribution in [-0.2, 0) is 0 Å². The third-order valence-corrected chi connectivity index (χ3v) is 18.9. The van der Waals surface area contributed by atoms with E-state index in [1.807, 2.05) is 0 Å². The van der Waals surface area contributed by atoms with Gasteiger partial charge in [0.2, 0.25) is 0 Å². The maximum Gasteiger partial charge on any atom is 0.269 e. The highest BCUT2D eigenvalue weighted by atomic mass is 28.3. The normalized spacial score (nSPS) is 18.8. The van der Waals surface area contributed by atoms with E-state index < -0.39 is 287 Å². The van der Waals surface area contributed by atoms with Crippen LogP contribution in [0.25, 0.3) is 94.5 Å². The molecule has 0 fully saturated rings. The van der Waals surface area contributed by atoms with Crippen LogP contribution in [-0.4, -0.2) is 22.2 Å². The lowest BCUT2D eigenvalue weighted by molar-refractivity contribution is -0.571. The zero-order chi connectivity index (χ0) is 94.5. The van der Waals surface area contributed by atoms with Gasteiger partial charge in [0, 0.05) is 45.0 Å². The maximum absolute atomic E-state index is 11.1. The van der Waals surface area contributed by atoms with Crippen molar-refractivity contribution in [2.75, 3.05) is 0 Å². The number of benzene rings is 12. The first-order chi connectivity index (χ1) is 60.2. The molecule has 0 bridgehead atoms.